The molecule has 0 aliphatic rings. The first kappa shape index (κ1) is 19.0. The number of anilines is 1. The first-order chi connectivity index (χ1) is 11.7. The van der Waals surface area contributed by atoms with E-state index < -0.39 is 22.9 Å². The maximum atomic E-state index is 12.7. The standard InChI is InChI=1S/C16H17F3N4OS/c1-4-8-23-11(3)21-22-15(23)25-10(2)14(24)20-13-7-5-6-12(9-13)16(17,18)19/h4-7,9-10H,1,8H2,2-3H3,(H,20,24). The maximum Gasteiger partial charge on any atom is 0.416 e. The smallest absolute Gasteiger partial charge is 0.325 e. The van der Waals surface area contributed by atoms with Crippen LogP contribution in [0, 0.1) is 6.92 Å². The van der Waals surface area contributed by atoms with E-state index in [1.54, 1.807) is 24.5 Å². The molecule has 0 radical (unpaired) electrons. The van der Waals surface area contributed by atoms with Crippen LogP contribution in [0.4, 0.5) is 18.9 Å². The molecule has 134 valence electrons. The molecule has 2 aromatic rings. The third-order valence-corrected chi connectivity index (χ3v) is 4.40. The van der Waals surface area contributed by atoms with Crippen LogP contribution in [0.15, 0.2) is 42.1 Å². The Kier molecular flexibility index (Phi) is 5.89. The minimum Gasteiger partial charge on any atom is -0.325 e. The van der Waals surface area contributed by atoms with Crippen LogP contribution < -0.4 is 5.32 Å². The molecule has 1 aromatic carbocycles. The maximum absolute atomic E-state index is 12.7. The van der Waals surface area contributed by atoms with Crippen LogP contribution >= 0.6 is 11.8 Å². The number of amides is 1. The molecule has 0 saturated carbocycles. The van der Waals surface area contributed by atoms with E-state index in [9.17, 15) is 18.0 Å². The highest BCUT2D eigenvalue weighted by atomic mass is 32.2. The Bertz CT molecular complexity index is 773. The molecule has 2 rings (SSSR count). The number of hydrogen-bond donors (Lipinski definition) is 1. The number of hydrogen-bond acceptors (Lipinski definition) is 4. The third kappa shape index (κ3) is 4.85. The van der Waals surface area contributed by atoms with Crippen LogP contribution in [-0.4, -0.2) is 25.9 Å². The van der Waals surface area contributed by atoms with Crippen molar-refractivity contribution in [3.05, 3.63) is 48.3 Å². The highest BCUT2D eigenvalue weighted by Gasteiger charge is 2.30. The monoisotopic (exact) mass is 370 g/mol. The molecule has 1 unspecified atom stereocenters. The largest absolute Gasteiger partial charge is 0.416 e. The summed E-state index contributed by atoms with van der Waals surface area (Å²) in [6.45, 7) is 7.60. The molecule has 0 aliphatic heterocycles. The van der Waals surface area contributed by atoms with Gasteiger partial charge in [-0.25, -0.2) is 0 Å². The van der Waals surface area contributed by atoms with Gasteiger partial charge in [-0.05, 0) is 32.0 Å². The van der Waals surface area contributed by atoms with Gasteiger partial charge in [-0.2, -0.15) is 13.2 Å². The predicted molar refractivity (Wildman–Crippen MR) is 90.3 cm³/mol. The number of carbonyl (C=O) groups is 1. The average molecular weight is 370 g/mol. The number of aryl methyl sites for hydroxylation is 1. The molecule has 25 heavy (non-hydrogen) atoms. The van der Waals surface area contributed by atoms with Crippen molar-refractivity contribution in [3.63, 3.8) is 0 Å². The number of thioether (sulfide) groups is 1. The van der Waals surface area contributed by atoms with Crippen molar-refractivity contribution in [3.8, 4) is 0 Å². The molecule has 1 aromatic heterocycles. The predicted octanol–water partition coefficient (Wildman–Crippen LogP) is 3.91. The van der Waals surface area contributed by atoms with Crippen molar-refractivity contribution in [1.29, 1.82) is 0 Å². The molecule has 0 fully saturated rings. The first-order valence-electron chi connectivity index (χ1n) is 7.38. The molecular weight excluding hydrogens is 353 g/mol. The fourth-order valence-electron chi connectivity index (χ4n) is 2.02. The second-order valence-electron chi connectivity index (χ2n) is 5.26. The second-order valence-corrected chi connectivity index (χ2v) is 6.56. The number of aromatic nitrogens is 3. The van der Waals surface area contributed by atoms with E-state index >= 15 is 0 Å². The SMILES string of the molecule is C=CCn1c(C)nnc1SC(C)C(=O)Nc1cccc(C(F)(F)F)c1. The Morgan fingerprint density at radius 2 is 2.16 bits per heavy atom. The molecule has 1 atom stereocenters. The van der Waals surface area contributed by atoms with Crippen LogP contribution in [0.5, 0.6) is 0 Å². The zero-order chi connectivity index (χ0) is 18.6. The summed E-state index contributed by atoms with van der Waals surface area (Å²) in [7, 11) is 0. The van der Waals surface area contributed by atoms with Gasteiger partial charge in [-0.3, -0.25) is 4.79 Å². The third-order valence-electron chi connectivity index (χ3n) is 3.32. The lowest BCUT2D eigenvalue weighted by molar-refractivity contribution is -0.137. The molecule has 0 spiro atoms. The van der Waals surface area contributed by atoms with Gasteiger partial charge in [0.15, 0.2) is 5.16 Å². The van der Waals surface area contributed by atoms with E-state index in [1.165, 1.54) is 23.9 Å². The lowest BCUT2D eigenvalue weighted by atomic mass is 10.2. The Balaban J connectivity index is 2.07. The summed E-state index contributed by atoms with van der Waals surface area (Å²) in [5, 5.41) is 10.4. The summed E-state index contributed by atoms with van der Waals surface area (Å²) in [5.74, 6) is 0.267. The zero-order valence-corrected chi connectivity index (χ0v) is 14.5. The zero-order valence-electron chi connectivity index (χ0n) is 13.7. The van der Waals surface area contributed by atoms with Crippen LogP contribution in [-0.2, 0) is 17.5 Å². The number of allylic oxidation sites excluding steroid dienone is 1. The number of nitrogens with zero attached hydrogens (tertiary/aromatic N) is 3. The fraction of sp³-hybridized carbons (Fsp3) is 0.312. The second kappa shape index (κ2) is 7.73. The lowest BCUT2D eigenvalue weighted by Gasteiger charge is -2.13. The molecule has 1 amide bonds. The Morgan fingerprint density at radius 3 is 2.80 bits per heavy atom. The summed E-state index contributed by atoms with van der Waals surface area (Å²) < 4.78 is 40.0. The van der Waals surface area contributed by atoms with Crippen molar-refractivity contribution in [1.82, 2.24) is 14.8 Å². The van der Waals surface area contributed by atoms with Gasteiger partial charge in [0, 0.05) is 12.2 Å². The number of halogens is 3. The summed E-state index contributed by atoms with van der Waals surface area (Å²) in [6, 6.07) is 4.52. The number of carbonyl (C=O) groups excluding carboxylic acids is 1. The topological polar surface area (TPSA) is 59.8 Å². The summed E-state index contributed by atoms with van der Waals surface area (Å²) in [4.78, 5) is 12.3. The van der Waals surface area contributed by atoms with Gasteiger partial charge >= 0.3 is 6.18 Å². The first-order valence-corrected chi connectivity index (χ1v) is 8.26. The van der Waals surface area contributed by atoms with E-state index in [0.29, 0.717) is 17.5 Å². The van der Waals surface area contributed by atoms with E-state index in [2.05, 4.69) is 22.1 Å². The Labute approximate surface area is 147 Å². The van der Waals surface area contributed by atoms with Crippen molar-refractivity contribution in [2.24, 2.45) is 0 Å². The van der Waals surface area contributed by atoms with E-state index in [-0.39, 0.29) is 5.69 Å². The van der Waals surface area contributed by atoms with Crippen molar-refractivity contribution in [2.75, 3.05) is 5.32 Å². The summed E-state index contributed by atoms with van der Waals surface area (Å²) >= 11 is 1.18. The number of rotatable bonds is 6. The van der Waals surface area contributed by atoms with Crippen molar-refractivity contribution in [2.45, 2.75) is 37.0 Å². The molecule has 9 heteroatoms. The Hall–Kier alpha value is -2.29. The van der Waals surface area contributed by atoms with Crippen LogP contribution in [0.1, 0.15) is 18.3 Å². The van der Waals surface area contributed by atoms with Crippen LogP contribution in [0.25, 0.3) is 0 Å². The van der Waals surface area contributed by atoms with Crippen LogP contribution in [0.3, 0.4) is 0 Å². The molecule has 1 N–H and O–H groups in total. The van der Waals surface area contributed by atoms with E-state index in [0.717, 1.165) is 12.1 Å². The number of benzene rings is 1. The minimum atomic E-state index is -4.46. The van der Waals surface area contributed by atoms with E-state index in [4.69, 9.17) is 0 Å². The van der Waals surface area contributed by atoms with E-state index in [1.807, 2.05) is 0 Å². The van der Waals surface area contributed by atoms with Crippen molar-refractivity contribution < 1.29 is 18.0 Å². The quantitative estimate of drug-likeness (QED) is 0.619. The molecular formula is C16H17F3N4OS. The highest BCUT2D eigenvalue weighted by molar-refractivity contribution is 8.00. The minimum absolute atomic E-state index is 0.0935. The summed E-state index contributed by atoms with van der Waals surface area (Å²) in [6.07, 6.45) is -2.77. The van der Waals surface area contributed by atoms with Gasteiger partial charge in [0.25, 0.3) is 0 Å². The molecule has 0 saturated heterocycles. The molecule has 5 nitrogen and oxygen atoms in total. The van der Waals surface area contributed by atoms with Gasteiger partial charge in [-0.15, -0.1) is 16.8 Å². The van der Waals surface area contributed by atoms with Gasteiger partial charge in [0.05, 0.1) is 10.8 Å². The van der Waals surface area contributed by atoms with Gasteiger partial charge in [0.2, 0.25) is 5.91 Å². The van der Waals surface area contributed by atoms with Crippen LogP contribution in [0.2, 0.25) is 0 Å². The molecule has 0 aliphatic carbocycles. The lowest BCUT2D eigenvalue weighted by Crippen LogP contribution is -2.23. The van der Waals surface area contributed by atoms with Crippen molar-refractivity contribution >= 4 is 23.4 Å². The van der Waals surface area contributed by atoms with Gasteiger partial charge in [0.1, 0.15) is 5.82 Å². The molecule has 1 heterocycles. The van der Waals surface area contributed by atoms with Gasteiger partial charge in [-0.1, -0.05) is 23.9 Å². The number of nitrogens with one attached hydrogen (secondary N) is 1. The molecule has 0 bridgehead atoms. The average Bonchev–Trinajstić information content (AvgIpc) is 2.88. The Morgan fingerprint density at radius 1 is 1.44 bits per heavy atom. The highest BCUT2D eigenvalue weighted by Crippen LogP contribution is 2.31. The fourth-order valence-corrected chi connectivity index (χ4v) is 2.92. The number of alkyl halides is 3. The van der Waals surface area contributed by atoms with Gasteiger partial charge < -0.3 is 9.88 Å². The normalized spacial score (nSPS) is 12.7. The summed E-state index contributed by atoms with van der Waals surface area (Å²) in [5.41, 5.74) is -0.719.